The van der Waals surface area contributed by atoms with Gasteiger partial charge in [-0.1, -0.05) is 11.6 Å². The van der Waals surface area contributed by atoms with Crippen LogP contribution in [-0.2, 0) is 10.0 Å². The maximum atomic E-state index is 11.0. The van der Waals surface area contributed by atoms with E-state index in [4.69, 9.17) is 16.7 Å². The number of rotatable bonds is 1. The summed E-state index contributed by atoms with van der Waals surface area (Å²) in [6.45, 7) is 0. The molecule has 2 rings (SSSR count). The normalized spacial score (nSPS) is 12.1. The summed E-state index contributed by atoms with van der Waals surface area (Å²) >= 11 is 5.64. The van der Waals surface area contributed by atoms with Crippen LogP contribution in [0.25, 0.3) is 5.65 Å². The second-order valence-corrected chi connectivity index (χ2v) is 4.69. The van der Waals surface area contributed by atoms with Crippen molar-refractivity contribution in [2.24, 2.45) is 5.14 Å². The van der Waals surface area contributed by atoms with Crippen molar-refractivity contribution in [1.82, 2.24) is 9.38 Å². The van der Waals surface area contributed by atoms with E-state index >= 15 is 0 Å². The summed E-state index contributed by atoms with van der Waals surface area (Å²) in [5, 5.41) is 5.26. The minimum Gasteiger partial charge on any atom is -0.304 e. The Kier molecular flexibility index (Phi) is 1.99. The molecule has 0 saturated carbocycles. The van der Waals surface area contributed by atoms with Gasteiger partial charge in [-0.3, -0.25) is 0 Å². The van der Waals surface area contributed by atoms with Crippen molar-refractivity contribution in [2.45, 2.75) is 4.90 Å². The molecule has 0 unspecified atom stereocenters. The van der Waals surface area contributed by atoms with Crippen LogP contribution in [0.3, 0.4) is 0 Å². The van der Waals surface area contributed by atoms with Crippen molar-refractivity contribution in [3.05, 3.63) is 29.7 Å². The first kappa shape index (κ1) is 9.45. The summed E-state index contributed by atoms with van der Waals surface area (Å²) in [7, 11) is -3.68. The number of fused-ring (bicyclic) bond motifs is 1. The number of hydrogen-bond acceptors (Lipinski definition) is 3. The first-order valence-electron chi connectivity index (χ1n) is 3.64. The van der Waals surface area contributed by atoms with Crippen LogP contribution in [0.2, 0.25) is 5.15 Å². The summed E-state index contributed by atoms with van der Waals surface area (Å²) < 4.78 is 23.5. The molecule has 2 aromatic heterocycles. The highest BCUT2D eigenvalue weighted by atomic mass is 35.5. The third-order valence-corrected chi connectivity index (χ3v) is 2.80. The fourth-order valence-corrected chi connectivity index (χ4v) is 1.82. The van der Waals surface area contributed by atoms with Gasteiger partial charge in [0.2, 0.25) is 10.0 Å². The van der Waals surface area contributed by atoms with Crippen LogP contribution in [0.1, 0.15) is 0 Å². The van der Waals surface area contributed by atoms with E-state index in [2.05, 4.69) is 4.98 Å². The predicted molar refractivity (Wildman–Crippen MR) is 51.6 cm³/mol. The van der Waals surface area contributed by atoms with Gasteiger partial charge in [-0.05, 0) is 12.1 Å². The van der Waals surface area contributed by atoms with Gasteiger partial charge in [0, 0.05) is 12.4 Å². The molecule has 5 nitrogen and oxygen atoms in total. The molecule has 0 aliphatic carbocycles. The predicted octanol–water partition coefficient (Wildman–Crippen LogP) is 0.635. The average molecular weight is 232 g/mol. The standard InChI is InChI=1S/C7H6ClN3O2S/c8-6-4-11-3-5(14(9,12)13)1-2-7(11)10-6/h1-4H,(H2,9,12,13). The van der Waals surface area contributed by atoms with Gasteiger partial charge in [-0.15, -0.1) is 0 Å². The van der Waals surface area contributed by atoms with Crippen LogP contribution < -0.4 is 5.14 Å². The number of sulfonamides is 1. The van der Waals surface area contributed by atoms with Gasteiger partial charge in [-0.25, -0.2) is 18.5 Å². The molecule has 0 aliphatic heterocycles. The minimum atomic E-state index is -3.68. The molecule has 7 heteroatoms. The van der Waals surface area contributed by atoms with Gasteiger partial charge < -0.3 is 4.40 Å². The molecular weight excluding hydrogens is 226 g/mol. The lowest BCUT2D eigenvalue weighted by atomic mass is 10.5. The third-order valence-electron chi connectivity index (χ3n) is 1.72. The fourth-order valence-electron chi connectivity index (χ4n) is 1.11. The lowest BCUT2D eigenvalue weighted by molar-refractivity contribution is 0.597. The Balaban J connectivity index is 2.74. The van der Waals surface area contributed by atoms with E-state index in [0.717, 1.165) is 0 Å². The Bertz CT molecular complexity index is 590. The van der Waals surface area contributed by atoms with E-state index in [0.29, 0.717) is 10.8 Å². The summed E-state index contributed by atoms with van der Waals surface area (Å²) in [5.74, 6) is 0. The Morgan fingerprint density at radius 2 is 2.07 bits per heavy atom. The molecule has 0 radical (unpaired) electrons. The third kappa shape index (κ3) is 1.59. The van der Waals surface area contributed by atoms with E-state index in [9.17, 15) is 8.42 Å². The molecule has 2 heterocycles. The first-order chi connectivity index (χ1) is 6.47. The van der Waals surface area contributed by atoms with Crippen LogP contribution >= 0.6 is 11.6 Å². The van der Waals surface area contributed by atoms with Crippen molar-refractivity contribution in [1.29, 1.82) is 0 Å². The molecule has 0 aromatic carbocycles. The van der Waals surface area contributed by atoms with Gasteiger partial charge in [0.1, 0.15) is 10.8 Å². The van der Waals surface area contributed by atoms with Crippen LogP contribution in [-0.4, -0.2) is 17.8 Å². The van der Waals surface area contributed by atoms with E-state index in [1.54, 1.807) is 0 Å². The average Bonchev–Trinajstić information content (AvgIpc) is 2.41. The highest BCUT2D eigenvalue weighted by Crippen LogP contribution is 2.13. The summed E-state index contributed by atoms with van der Waals surface area (Å²) in [6, 6.07) is 2.92. The molecule has 0 atom stereocenters. The Labute approximate surface area is 85.2 Å². The van der Waals surface area contributed by atoms with Crippen molar-refractivity contribution in [3.8, 4) is 0 Å². The smallest absolute Gasteiger partial charge is 0.239 e. The maximum Gasteiger partial charge on any atom is 0.239 e. The molecular formula is C7H6ClN3O2S. The molecule has 14 heavy (non-hydrogen) atoms. The summed E-state index contributed by atoms with van der Waals surface area (Å²) in [5.41, 5.74) is 0.572. The van der Waals surface area contributed by atoms with Crippen LogP contribution in [0, 0.1) is 0 Å². The Hall–Kier alpha value is -1.11. The zero-order valence-electron chi connectivity index (χ0n) is 6.88. The lowest BCUT2D eigenvalue weighted by Crippen LogP contribution is -2.12. The summed E-state index contributed by atoms with van der Waals surface area (Å²) in [4.78, 5) is 3.96. The van der Waals surface area contributed by atoms with Crippen LogP contribution in [0.5, 0.6) is 0 Å². The van der Waals surface area contributed by atoms with E-state index in [1.807, 2.05) is 0 Å². The van der Waals surface area contributed by atoms with Crippen molar-refractivity contribution < 1.29 is 8.42 Å². The molecule has 2 N–H and O–H groups in total. The van der Waals surface area contributed by atoms with Crippen LogP contribution in [0.15, 0.2) is 29.4 Å². The van der Waals surface area contributed by atoms with Crippen LogP contribution in [0.4, 0.5) is 0 Å². The molecule has 0 aliphatic rings. The zero-order valence-corrected chi connectivity index (χ0v) is 8.46. The van der Waals surface area contributed by atoms with Gasteiger partial charge in [0.25, 0.3) is 0 Å². The number of imidazole rings is 1. The van der Waals surface area contributed by atoms with Gasteiger partial charge >= 0.3 is 0 Å². The fraction of sp³-hybridized carbons (Fsp3) is 0. The van der Waals surface area contributed by atoms with Crippen molar-refractivity contribution >= 4 is 27.3 Å². The van der Waals surface area contributed by atoms with Crippen molar-refractivity contribution in [3.63, 3.8) is 0 Å². The van der Waals surface area contributed by atoms with Gasteiger partial charge in [0.15, 0.2) is 0 Å². The largest absolute Gasteiger partial charge is 0.304 e. The Morgan fingerprint density at radius 3 is 2.71 bits per heavy atom. The van der Waals surface area contributed by atoms with E-state index in [-0.39, 0.29) is 4.90 Å². The van der Waals surface area contributed by atoms with Crippen molar-refractivity contribution in [2.75, 3.05) is 0 Å². The number of halogens is 1. The number of nitrogens with zero attached hydrogens (tertiary/aromatic N) is 2. The molecule has 0 spiro atoms. The molecule has 0 saturated heterocycles. The highest BCUT2D eigenvalue weighted by Gasteiger charge is 2.08. The summed E-state index contributed by atoms with van der Waals surface area (Å²) in [6.07, 6.45) is 2.87. The monoisotopic (exact) mass is 231 g/mol. The zero-order chi connectivity index (χ0) is 10.3. The van der Waals surface area contributed by atoms with Gasteiger partial charge in [-0.2, -0.15) is 0 Å². The number of pyridine rings is 1. The van der Waals surface area contributed by atoms with E-state index in [1.165, 1.54) is 28.9 Å². The maximum absolute atomic E-state index is 11.0. The number of nitrogens with two attached hydrogens (primary N) is 1. The quantitative estimate of drug-likeness (QED) is 0.782. The second kappa shape index (κ2) is 2.94. The molecule has 74 valence electrons. The first-order valence-corrected chi connectivity index (χ1v) is 5.56. The molecule has 0 fully saturated rings. The van der Waals surface area contributed by atoms with E-state index < -0.39 is 10.0 Å². The number of primary sulfonamides is 1. The second-order valence-electron chi connectivity index (χ2n) is 2.74. The number of aromatic nitrogens is 2. The molecule has 2 aromatic rings. The molecule has 0 amide bonds. The topological polar surface area (TPSA) is 77.5 Å². The SMILES string of the molecule is NS(=O)(=O)c1ccc2nc(Cl)cn2c1. The molecule has 0 bridgehead atoms. The minimum absolute atomic E-state index is 0.0269. The highest BCUT2D eigenvalue weighted by molar-refractivity contribution is 7.89. The lowest BCUT2D eigenvalue weighted by Gasteiger charge is -1.98. The number of hydrogen-bond donors (Lipinski definition) is 1. The Morgan fingerprint density at radius 1 is 1.36 bits per heavy atom. The van der Waals surface area contributed by atoms with Gasteiger partial charge in [0.05, 0.1) is 4.90 Å².